The van der Waals surface area contributed by atoms with Gasteiger partial charge in [-0.3, -0.25) is 4.79 Å². The number of hydrogen-bond donors (Lipinski definition) is 0. The van der Waals surface area contributed by atoms with Crippen molar-refractivity contribution in [1.29, 1.82) is 0 Å². The smallest absolute Gasteiger partial charge is 0.288 e. The highest BCUT2D eigenvalue weighted by Gasteiger charge is 2.39. The van der Waals surface area contributed by atoms with E-state index in [4.69, 9.17) is 11.6 Å². The lowest BCUT2D eigenvalue weighted by Gasteiger charge is -2.05. The van der Waals surface area contributed by atoms with Gasteiger partial charge in [0.25, 0.3) is 0 Å². The van der Waals surface area contributed by atoms with Crippen molar-refractivity contribution < 1.29 is 18.0 Å². The summed E-state index contributed by atoms with van der Waals surface area (Å²) in [4.78, 5) is 14.7. The Morgan fingerprint density at radius 1 is 1.26 bits per heavy atom. The van der Waals surface area contributed by atoms with E-state index in [2.05, 4.69) is 20.9 Å². The molecule has 100 valence electrons. The molecule has 0 saturated heterocycles. The van der Waals surface area contributed by atoms with Crippen LogP contribution in [0.2, 0.25) is 4.47 Å². The van der Waals surface area contributed by atoms with Gasteiger partial charge < -0.3 is 0 Å². The average Bonchev–Trinajstić information content (AvgIpc) is 2.71. The molecule has 1 aromatic heterocycles. The third-order valence-corrected chi connectivity index (χ3v) is 3.87. The minimum Gasteiger partial charge on any atom is -0.288 e. The van der Waals surface area contributed by atoms with Gasteiger partial charge in [-0.1, -0.05) is 38.9 Å². The van der Waals surface area contributed by atoms with Crippen LogP contribution in [0.1, 0.15) is 20.9 Å². The molecule has 0 unspecified atom stereocenters. The van der Waals surface area contributed by atoms with Crippen LogP contribution in [-0.2, 0) is 6.18 Å². The van der Waals surface area contributed by atoms with Gasteiger partial charge in [-0.15, -0.1) is 0 Å². The Kier molecular flexibility index (Phi) is 3.98. The Labute approximate surface area is 123 Å². The number of halogens is 5. The molecule has 8 heteroatoms. The molecule has 0 aliphatic carbocycles. The Balaban J connectivity index is 2.47. The molecule has 0 spiro atoms. The summed E-state index contributed by atoms with van der Waals surface area (Å²) < 4.78 is 38.6. The summed E-state index contributed by atoms with van der Waals surface area (Å²) in [5.41, 5.74) is -1.09. The fourth-order valence-electron chi connectivity index (χ4n) is 1.37. The summed E-state index contributed by atoms with van der Waals surface area (Å²) >= 11 is 9.18. The topological polar surface area (TPSA) is 30.0 Å². The number of ketones is 1. The maximum atomic E-state index is 12.7. The first kappa shape index (κ1) is 14.5. The van der Waals surface area contributed by atoms with E-state index < -0.39 is 22.5 Å². The first-order chi connectivity index (χ1) is 8.79. The third kappa shape index (κ3) is 3.16. The van der Waals surface area contributed by atoms with Crippen LogP contribution in [0.5, 0.6) is 0 Å². The molecule has 2 aromatic rings. The van der Waals surface area contributed by atoms with Gasteiger partial charge in [0.2, 0.25) is 5.78 Å². The molecule has 2 nitrogen and oxygen atoms in total. The van der Waals surface area contributed by atoms with Gasteiger partial charge >= 0.3 is 6.18 Å². The van der Waals surface area contributed by atoms with Crippen molar-refractivity contribution in [3.63, 3.8) is 0 Å². The van der Waals surface area contributed by atoms with E-state index in [0.717, 1.165) is 4.47 Å². The van der Waals surface area contributed by atoms with Crippen LogP contribution in [0, 0.1) is 0 Å². The summed E-state index contributed by atoms with van der Waals surface area (Å²) in [5, 5.41) is 0. The van der Waals surface area contributed by atoms with E-state index in [-0.39, 0.29) is 10.0 Å². The molecule has 0 bridgehead atoms. The number of aromatic nitrogens is 1. The van der Waals surface area contributed by atoms with Crippen molar-refractivity contribution >= 4 is 44.7 Å². The van der Waals surface area contributed by atoms with Crippen LogP contribution >= 0.6 is 38.9 Å². The predicted octanol–water partition coefficient (Wildman–Crippen LogP) is 4.81. The number of carbonyl (C=O) groups excluding carboxylic acids is 1. The van der Waals surface area contributed by atoms with E-state index in [0.29, 0.717) is 11.3 Å². The standard InChI is InChI=1S/C11H4BrClF3NOS/c12-6-3-1-5(2-4-6)7(18)8-9(11(14,15)16)17-10(13)19-8/h1-4H. The van der Waals surface area contributed by atoms with Crippen molar-refractivity contribution in [2.24, 2.45) is 0 Å². The van der Waals surface area contributed by atoms with Crippen LogP contribution in [0.15, 0.2) is 28.7 Å². The van der Waals surface area contributed by atoms with Crippen molar-refractivity contribution in [2.45, 2.75) is 6.18 Å². The normalized spacial score (nSPS) is 11.6. The number of nitrogens with zero attached hydrogens (tertiary/aromatic N) is 1. The number of rotatable bonds is 2. The summed E-state index contributed by atoms with van der Waals surface area (Å²) in [7, 11) is 0. The molecular formula is C11H4BrClF3NOS. The van der Waals surface area contributed by atoms with E-state index in [1.165, 1.54) is 12.1 Å². The van der Waals surface area contributed by atoms with E-state index in [9.17, 15) is 18.0 Å². The molecule has 1 heterocycles. The van der Waals surface area contributed by atoms with Crippen LogP contribution in [0.25, 0.3) is 0 Å². The highest BCUT2D eigenvalue weighted by atomic mass is 79.9. The predicted molar refractivity (Wildman–Crippen MR) is 69.7 cm³/mol. The van der Waals surface area contributed by atoms with Crippen molar-refractivity contribution in [3.8, 4) is 0 Å². The second-order valence-electron chi connectivity index (χ2n) is 3.48. The van der Waals surface area contributed by atoms with Gasteiger partial charge in [0, 0.05) is 10.0 Å². The second kappa shape index (κ2) is 5.22. The number of thiazole rings is 1. The zero-order chi connectivity index (χ0) is 14.2. The summed E-state index contributed by atoms with van der Waals surface area (Å²) in [6.45, 7) is 0. The molecule has 2 rings (SSSR count). The lowest BCUT2D eigenvalue weighted by Crippen LogP contribution is -2.12. The van der Waals surface area contributed by atoms with Gasteiger partial charge in [0.1, 0.15) is 4.88 Å². The first-order valence-corrected chi connectivity index (χ1v) is 6.81. The maximum Gasteiger partial charge on any atom is 0.434 e. The molecule has 0 aliphatic heterocycles. The lowest BCUT2D eigenvalue weighted by molar-refractivity contribution is -0.141. The molecule has 19 heavy (non-hydrogen) atoms. The fraction of sp³-hybridized carbons (Fsp3) is 0.0909. The number of benzene rings is 1. The molecule has 0 atom stereocenters. The molecule has 0 radical (unpaired) electrons. The molecule has 0 fully saturated rings. The molecule has 0 saturated carbocycles. The van der Waals surface area contributed by atoms with E-state index in [1.807, 2.05) is 0 Å². The zero-order valence-corrected chi connectivity index (χ0v) is 12.1. The van der Waals surface area contributed by atoms with Crippen molar-refractivity contribution in [1.82, 2.24) is 4.98 Å². The minimum atomic E-state index is -4.70. The van der Waals surface area contributed by atoms with Crippen LogP contribution in [0.3, 0.4) is 0 Å². The molecule has 0 amide bonds. The Morgan fingerprint density at radius 2 is 1.84 bits per heavy atom. The lowest BCUT2D eigenvalue weighted by atomic mass is 10.1. The summed E-state index contributed by atoms with van der Waals surface area (Å²) in [5.74, 6) is -0.746. The monoisotopic (exact) mass is 369 g/mol. The van der Waals surface area contributed by atoms with Crippen LogP contribution in [0.4, 0.5) is 13.2 Å². The fourth-order valence-corrected chi connectivity index (χ4v) is 2.73. The van der Waals surface area contributed by atoms with Crippen molar-refractivity contribution in [3.05, 3.63) is 49.3 Å². The summed E-state index contributed by atoms with van der Waals surface area (Å²) in [6, 6.07) is 6.01. The van der Waals surface area contributed by atoms with Crippen LogP contribution in [-0.4, -0.2) is 10.8 Å². The van der Waals surface area contributed by atoms with E-state index in [1.54, 1.807) is 12.1 Å². The quantitative estimate of drug-likeness (QED) is 0.710. The SMILES string of the molecule is O=C(c1ccc(Br)cc1)c1sc(Cl)nc1C(F)(F)F. The largest absolute Gasteiger partial charge is 0.434 e. The van der Waals surface area contributed by atoms with Crippen molar-refractivity contribution in [2.75, 3.05) is 0 Å². The average molecular weight is 371 g/mol. The van der Waals surface area contributed by atoms with Gasteiger partial charge in [0.15, 0.2) is 10.2 Å². The van der Waals surface area contributed by atoms with Gasteiger partial charge in [0.05, 0.1) is 0 Å². The number of hydrogen-bond acceptors (Lipinski definition) is 3. The van der Waals surface area contributed by atoms with Crippen LogP contribution < -0.4 is 0 Å². The highest BCUT2D eigenvalue weighted by Crippen LogP contribution is 2.37. The van der Waals surface area contributed by atoms with E-state index >= 15 is 0 Å². The third-order valence-electron chi connectivity index (χ3n) is 2.18. The minimum absolute atomic E-state index is 0.147. The number of carbonyl (C=O) groups is 1. The molecular weight excluding hydrogens is 367 g/mol. The maximum absolute atomic E-state index is 12.7. The summed E-state index contributed by atoms with van der Waals surface area (Å²) in [6.07, 6.45) is -4.70. The number of alkyl halides is 3. The Hall–Kier alpha value is -0.920. The first-order valence-electron chi connectivity index (χ1n) is 4.83. The second-order valence-corrected chi connectivity index (χ2v) is 5.98. The molecule has 0 N–H and O–H groups in total. The Bertz CT molecular complexity index is 624. The van der Waals surface area contributed by atoms with Gasteiger partial charge in [-0.25, -0.2) is 4.98 Å². The zero-order valence-electron chi connectivity index (χ0n) is 8.96. The highest BCUT2D eigenvalue weighted by molar-refractivity contribution is 9.10. The van der Waals surface area contributed by atoms with Gasteiger partial charge in [-0.2, -0.15) is 13.2 Å². The molecule has 0 aliphatic rings. The Morgan fingerprint density at radius 3 is 2.37 bits per heavy atom. The molecule has 1 aromatic carbocycles. The van der Waals surface area contributed by atoms with Gasteiger partial charge in [-0.05, 0) is 24.3 Å².